The number of hydrogen-bond donors (Lipinski definition) is 1. The second-order valence-corrected chi connectivity index (χ2v) is 4.48. The van der Waals surface area contributed by atoms with E-state index in [-0.39, 0.29) is 24.4 Å². The lowest BCUT2D eigenvalue weighted by molar-refractivity contribution is -0.132. The zero-order valence-corrected chi connectivity index (χ0v) is 10.6. The van der Waals surface area contributed by atoms with Crippen LogP contribution in [0.4, 0.5) is 0 Å². The molecule has 0 aromatic carbocycles. The first-order chi connectivity index (χ1) is 8.13. The van der Waals surface area contributed by atoms with E-state index in [2.05, 4.69) is 0 Å². The summed E-state index contributed by atoms with van der Waals surface area (Å²) in [6, 6.07) is 0. The highest BCUT2D eigenvalue weighted by molar-refractivity contribution is 5.81. The monoisotopic (exact) mass is 246 g/mol. The predicted molar refractivity (Wildman–Crippen MR) is 61.8 cm³/mol. The Bertz CT molecular complexity index is 231. The van der Waals surface area contributed by atoms with Gasteiger partial charge in [-0.25, -0.2) is 0 Å². The molecule has 1 saturated heterocycles. The quantitative estimate of drug-likeness (QED) is 0.704. The Morgan fingerprint density at radius 3 is 2.94 bits per heavy atom. The van der Waals surface area contributed by atoms with Crippen molar-refractivity contribution in [3.63, 3.8) is 0 Å². The fourth-order valence-corrected chi connectivity index (χ4v) is 1.85. The molecule has 3 atom stereocenters. The number of rotatable bonds is 7. The van der Waals surface area contributed by atoms with E-state index < -0.39 is 6.10 Å². The van der Waals surface area contributed by atoms with Crippen molar-refractivity contribution in [1.29, 1.82) is 0 Å². The summed E-state index contributed by atoms with van der Waals surface area (Å²) in [7, 11) is 1.61. The highest BCUT2D eigenvalue weighted by Gasteiger charge is 2.25. The average molecular weight is 246 g/mol. The minimum atomic E-state index is -0.620. The van der Waals surface area contributed by atoms with Crippen molar-refractivity contribution < 1.29 is 24.1 Å². The number of carbonyl (C=O) groups excluding carboxylic acids is 1. The maximum absolute atomic E-state index is 11.5. The lowest BCUT2D eigenvalue weighted by Gasteiger charge is -2.23. The van der Waals surface area contributed by atoms with E-state index in [0.717, 1.165) is 0 Å². The van der Waals surface area contributed by atoms with Gasteiger partial charge in [0.05, 0.1) is 38.6 Å². The molecule has 1 rings (SSSR count). The SMILES string of the molecule is COCC(C)OCC(O)CC1COCCC1=O. The molecular weight excluding hydrogens is 224 g/mol. The fraction of sp³-hybridized carbons (Fsp3) is 0.917. The van der Waals surface area contributed by atoms with Crippen molar-refractivity contribution in [2.45, 2.75) is 32.0 Å². The van der Waals surface area contributed by atoms with Gasteiger partial charge in [-0.2, -0.15) is 0 Å². The third kappa shape index (κ3) is 5.59. The molecule has 0 amide bonds. The van der Waals surface area contributed by atoms with Gasteiger partial charge in [-0.1, -0.05) is 0 Å². The maximum atomic E-state index is 11.5. The summed E-state index contributed by atoms with van der Waals surface area (Å²) in [4.78, 5) is 11.5. The normalized spacial score (nSPS) is 24.6. The third-order valence-electron chi connectivity index (χ3n) is 2.80. The molecule has 5 heteroatoms. The Morgan fingerprint density at radius 2 is 2.29 bits per heavy atom. The number of aliphatic hydroxyl groups excluding tert-OH is 1. The number of methoxy groups -OCH3 is 1. The summed E-state index contributed by atoms with van der Waals surface area (Å²) in [6.45, 7) is 3.54. The second kappa shape index (κ2) is 7.76. The first kappa shape index (κ1) is 14.6. The zero-order chi connectivity index (χ0) is 12.7. The first-order valence-electron chi connectivity index (χ1n) is 6.02. The number of aliphatic hydroxyl groups is 1. The van der Waals surface area contributed by atoms with Gasteiger partial charge >= 0.3 is 0 Å². The van der Waals surface area contributed by atoms with Crippen LogP contribution in [-0.4, -0.2) is 56.6 Å². The average Bonchev–Trinajstić information content (AvgIpc) is 2.30. The van der Waals surface area contributed by atoms with Crippen molar-refractivity contribution in [1.82, 2.24) is 0 Å². The van der Waals surface area contributed by atoms with Gasteiger partial charge in [-0.05, 0) is 13.3 Å². The van der Waals surface area contributed by atoms with E-state index in [1.807, 2.05) is 6.92 Å². The van der Waals surface area contributed by atoms with Crippen molar-refractivity contribution in [3.8, 4) is 0 Å². The molecule has 0 aliphatic carbocycles. The first-order valence-corrected chi connectivity index (χ1v) is 6.02. The van der Waals surface area contributed by atoms with Crippen LogP contribution in [0.3, 0.4) is 0 Å². The minimum absolute atomic E-state index is 0.0482. The number of Topliss-reactive ketones (excluding diaryl/α,β-unsaturated/α-hetero) is 1. The molecule has 0 aromatic heterocycles. The standard InChI is InChI=1S/C12H22O5/c1-9(6-15-2)17-8-11(13)5-10-7-16-4-3-12(10)14/h9-11,13H,3-8H2,1-2H3. The van der Waals surface area contributed by atoms with Crippen LogP contribution < -0.4 is 0 Å². The van der Waals surface area contributed by atoms with Crippen molar-refractivity contribution in [3.05, 3.63) is 0 Å². The maximum Gasteiger partial charge on any atom is 0.140 e. The Hall–Kier alpha value is -0.490. The predicted octanol–water partition coefficient (Wildman–Crippen LogP) is 0.394. The van der Waals surface area contributed by atoms with Gasteiger partial charge in [0.1, 0.15) is 5.78 Å². The van der Waals surface area contributed by atoms with Crippen LogP contribution in [0.5, 0.6) is 0 Å². The van der Waals surface area contributed by atoms with Crippen molar-refractivity contribution >= 4 is 5.78 Å². The van der Waals surface area contributed by atoms with Crippen LogP contribution in [0.2, 0.25) is 0 Å². The molecule has 1 heterocycles. The largest absolute Gasteiger partial charge is 0.391 e. The van der Waals surface area contributed by atoms with E-state index in [1.54, 1.807) is 7.11 Å². The molecule has 17 heavy (non-hydrogen) atoms. The van der Waals surface area contributed by atoms with Gasteiger partial charge in [0.15, 0.2) is 0 Å². The molecule has 1 N–H and O–H groups in total. The summed E-state index contributed by atoms with van der Waals surface area (Å²) in [6.07, 6.45) is 0.203. The van der Waals surface area contributed by atoms with Crippen LogP contribution in [-0.2, 0) is 19.0 Å². The van der Waals surface area contributed by atoms with Gasteiger partial charge in [-0.15, -0.1) is 0 Å². The molecule has 0 bridgehead atoms. The van der Waals surface area contributed by atoms with Gasteiger partial charge in [0, 0.05) is 19.4 Å². The topological polar surface area (TPSA) is 65.0 Å². The Labute approximate surface area is 102 Å². The molecule has 5 nitrogen and oxygen atoms in total. The van der Waals surface area contributed by atoms with Gasteiger partial charge in [-0.3, -0.25) is 4.79 Å². The molecular formula is C12H22O5. The van der Waals surface area contributed by atoms with E-state index in [1.165, 1.54) is 0 Å². The summed E-state index contributed by atoms with van der Waals surface area (Å²) >= 11 is 0. The number of carbonyl (C=O) groups is 1. The van der Waals surface area contributed by atoms with Gasteiger partial charge in [0.25, 0.3) is 0 Å². The summed E-state index contributed by atoms with van der Waals surface area (Å²) < 4.78 is 15.5. The molecule has 0 saturated carbocycles. The Balaban J connectivity index is 2.19. The van der Waals surface area contributed by atoms with Crippen LogP contribution in [0.1, 0.15) is 19.8 Å². The van der Waals surface area contributed by atoms with Crippen LogP contribution in [0.25, 0.3) is 0 Å². The van der Waals surface area contributed by atoms with Crippen molar-refractivity contribution in [2.75, 3.05) is 33.5 Å². The molecule has 0 spiro atoms. The van der Waals surface area contributed by atoms with E-state index in [9.17, 15) is 9.90 Å². The lowest BCUT2D eigenvalue weighted by atomic mass is 9.94. The third-order valence-corrected chi connectivity index (χ3v) is 2.80. The molecule has 1 fully saturated rings. The summed E-state index contributed by atoms with van der Waals surface area (Å²) in [5.74, 6) is 0.000297. The van der Waals surface area contributed by atoms with Gasteiger partial charge < -0.3 is 19.3 Å². The number of ether oxygens (including phenoxy) is 3. The minimum Gasteiger partial charge on any atom is -0.391 e. The van der Waals surface area contributed by atoms with Gasteiger partial charge in [0.2, 0.25) is 0 Å². The van der Waals surface area contributed by atoms with Crippen LogP contribution >= 0.6 is 0 Å². The van der Waals surface area contributed by atoms with E-state index in [4.69, 9.17) is 14.2 Å². The smallest absolute Gasteiger partial charge is 0.140 e. The van der Waals surface area contributed by atoms with E-state index >= 15 is 0 Å². The van der Waals surface area contributed by atoms with Crippen LogP contribution in [0.15, 0.2) is 0 Å². The van der Waals surface area contributed by atoms with E-state index in [0.29, 0.717) is 32.7 Å². The fourth-order valence-electron chi connectivity index (χ4n) is 1.85. The Morgan fingerprint density at radius 1 is 1.53 bits per heavy atom. The second-order valence-electron chi connectivity index (χ2n) is 4.48. The molecule has 0 radical (unpaired) electrons. The van der Waals surface area contributed by atoms with Crippen molar-refractivity contribution in [2.24, 2.45) is 5.92 Å². The zero-order valence-electron chi connectivity index (χ0n) is 10.6. The molecule has 1 aliphatic rings. The number of ketones is 1. The Kier molecular flexibility index (Phi) is 6.65. The molecule has 0 aromatic rings. The molecule has 3 unspecified atom stereocenters. The summed E-state index contributed by atoms with van der Waals surface area (Å²) in [5, 5.41) is 9.76. The highest BCUT2D eigenvalue weighted by Crippen LogP contribution is 2.16. The highest BCUT2D eigenvalue weighted by atomic mass is 16.5. The summed E-state index contributed by atoms with van der Waals surface area (Å²) in [5.41, 5.74) is 0. The lowest BCUT2D eigenvalue weighted by Crippen LogP contribution is -2.33. The molecule has 1 aliphatic heterocycles. The molecule has 100 valence electrons. The van der Waals surface area contributed by atoms with Crippen LogP contribution in [0, 0.1) is 5.92 Å². The number of hydrogen-bond acceptors (Lipinski definition) is 5.